The van der Waals surface area contributed by atoms with E-state index in [9.17, 15) is 9.59 Å². The van der Waals surface area contributed by atoms with Gasteiger partial charge in [-0.15, -0.1) is 0 Å². The minimum atomic E-state index is -0.311. The van der Waals surface area contributed by atoms with E-state index in [-0.39, 0.29) is 22.6 Å². The maximum atomic E-state index is 12.9. The molecule has 4 aromatic rings. The zero-order valence-electron chi connectivity index (χ0n) is 34.5. The highest BCUT2D eigenvalue weighted by Crippen LogP contribution is 2.48. The molecule has 0 atom stereocenters. The van der Waals surface area contributed by atoms with Gasteiger partial charge in [0.25, 0.3) is 11.8 Å². The molecule has 0 bridgehead atoms. The molecule has 0 unspecified atom stereocenters. The molecular weight excluding hydrogens is 691 g/mol. The molecular formula is C49H54N5O2+. The maximum Gasteiger partial charge on any atom is 0.253 e. The van der Waals surface area contributed by atoms with Gasteiger partial charge >= 0.3 is 0 Å². The number of benzene rings is 4. The van der Waals surface area contributed by atoms with Gasteiger partial charge in [-0.25, -0.2) is 0 Å². The molecule has 7 rings (SSSR count). The van der Waals surface area contributed by atoms with E-state index in [1.54, 1.807) is 38.0 Å². The van der Waals surface area contributed by atoms with E-state index < -0.39 is 0 Å². The van der Waals surface area contributed by atoms with Crippen molar-refractivity contribution in [3.05, 3.63) is 166 Å². The summed E-state index contributed by atoms with van der Waals surface area (Å²) in [5.41, 5.74) is 13.6. The second kappa shape index (κ2) is 14.6. The summed E-state index contributed by atoms with van der Waals surface area (Å²) < 4.78 is 2.27. The van der Waals surface area contributed by atoms with Crippen molar-refractivity contribution in [2.75, 3.05) is 52.1 Å². The van der Waals surface area contributed by atoms with E-state index in [0.29, 0.717) is 11.1 Å². The standard InChI is InChI=1S/C49H54N5O2/c1-48(2)39-31-35(46(55)50(5)6)23-27-41(39)52(9)43(48)29-25-33-21-22-34(45(33)54(37-17-13-11-14-18-37)38-19-15-12-16-20-38)26-30-44-49(3,4)40-32-36(47(56)51(7)8)24-28-42(40)53(44)10/h11-20,23-32H,21-22H2,1-10H3/q+1. The maximum absolute atomic E-state index is 12.9. The van der Waals surface area contributed by atoms with E-state index in [0.717, 1.165) is 46.7 Å². The zero-order valence-corrected chi connectivity index (χ0v) is 34.5. The summed E-state index contributed by atoms with van der Waals surface area (Å²) in [6.07, 6.45) is 11.0. The molecule has 1 aliphatic carbocycles. The normalized spacial score (nSPS) is 18.3. The van der Waals surface area contributed by atoms with E-state index in [1.165, 1.54) is 28.3 Å². The summed E-state index contributed by atoms with van der Waals surface area (Å²) in [5.74, 6) is 0.0138. The third-order valence-electron chi connectivity index (χ3n) is 11.8. The van der Waals surface area contributed by atoms with Crippen LogP contribution >= 0.6 is 0 Å². The predicted octanol–water partition coefficient (Wildman–Crippen LogP) is 9.78. The molecule has 0 spiro atoms. The topological polar surface area (TPSA) is 50.1 Å². The highest BCUT2D eigenvalue weighted by molar-refractivity contribution is 6.04. The molecule has 0 aromatic heterocycles. The molecule has 56 heavy (non-hydrogen) atoms. The summed E-state index contributed by atoms with van der Waals surface area (Å²) >= 11 is 0. The van der Waals surface area contributed by atoms with Crippen LogP contribution in [0.4, 0.5) is 22.7 Å². The average Bonchev–Trinajstić information content (AvgIpc) is 3.73. The lowest BCUT2D eigenvalue weighted by atomic mass is 9.80. The first-order valence-electron chi connectivity index (χ1n) is 19.4. The first kappa shape index (κ1) is 38.3. The van der Waals surface area contributed by atoms with Crippen molar-refractivity contribution in [3.63, 3.8) is 0 Å². The van der Waals surface area contributed by atoms with E-state index >= 15 is 0 Å². The van der Waals surface area contributed by atoms with Gasteiger partial charge in [-0.1, -0.05) is 62.4 Å². The number of carbonyl (C=O) groups is 2. The average molecular weight is 745 g/mol. The molecule has 0 fully saturated rings. The quantitative estimate of drug-likeness (QED) is 0.169. The van der Waals surface area contributed by atoms with Crippen LogP contribution in [-0.4, -0.2) is 74.2 Å². The highest BCUT2D eigenvalue weighted by Gasteiger charge is 2.44. The van der Waals surface area contributed by atoms with Gasteiger partial charge in [-0.2, -0.15) is 4.58 Å². The number of anilines is 3. The van der Waals surface area contributed by atoms with Crippen LogP contribution in [0, 0.1) is 0 Å². The molecule has 0 N–H and O–H groups in total. The van der Waals surface area contributed by atoms with Crippen LogP contribution in [0.25, 0.3) is 0 Å². The number of fused-ring (bicyclic) bond motifs is 2. The number of rotatable bonds is 8. The van der Waals surface area contributed by atoms with Gasteiger partial charge < -0.3 is 19.6 Å². The molecule has 0 saturated heterocycles. The van der Waals surface area contributed by atoms with Crippen LogP contribution in [0.1, 0.15) is 72.4 Å². The van der Waals surface area contributed by atoms with Crippen molar-refractivity contribution >= 4 is 40.3 Å². The smallest absolute Gasteiger partial charge is 0.253 e. The first-order valence-corrected chi connectivity index (χ1v) is 19.4. The monoisotopic (exact) mass is 744 g/mol. The van der Waals surface area contributed by atoms with E-state index in [2.05, 4.69) is 165 Å². The van der Waals surface area contributed by atoms with Crippen LogP contribution in [0.5, 0.6) is 0 Å². The molecule has 0 radical (unpaired) electrons. The molecule has 7 nitrogen and oxygen atoms in total. The van der Waals surface area contributed by atoms with Gasteiger partial charge in [0.15, 0.2) is 5.71 Å². The van der Waals surface area contributed by atoms with Crippen molar-refractivity contribution in [2.24, 2.45) is 0 Å². The van der Waals surface area contributed by atoms with E-state index in [1.807, 2.05) is 12.1 Å². The van der Waals surface area contributed by atoms with Gasteiger partial charge in [0.05, 0.1) is 11.1 Å². The zero-order chi connectivity index (χ0) is 40.1. The number of hydrogen-bond donors (Lipinski definition) is 0. The van der Waals surface area contributed by atoms with Gasteiger partial charge in [0.2, 0.25) is 5.69 Å². The van der Waals surface area contributed by atoms with Crippen LogP contribution in [0.3, 0.4) is 0 Å². The summed E-state index contributed by atoms with van der Waals surface area (Å²) in [7, 11) is 11.4. The number of carbonyl (C=O) groups excluding carboxylic acids is 2. The predicted molar refractivity (Wildman–Crippen MR) is 231 cm³/mol. The Morgan fingerprint density at radius 1 is 0.679 bits per heavy atom. The molecule has 2 heterocycles. The number of amides is 2. The Bertz CT molecular complexity index is 2340. The fourth-order valence-electron chi connectivity index (χ4n) is 8.70. The molecule has 0 saturated carbocycles. The second-order valence-corrected chi connectivity index (χ2v) is 16.6. The minimum absolute atomic E-state index is 0.00689. The Kier molecular flexibility index (Phi) is 10.00. The number of likely N-dealkylation sites (N-methyl/N-ethyl adjacent to an activating group) is 1. The molecule has 2 amide bonds. The number of hydrogen-bond acceptors (Lipinski definition) is 4. The fourth-order valence-corrected chi connectivity index (χ4v) is 8.70. The van der Waals surface area contributed by atoms with Crippen LogP contribution in [-0.2, 0) is 10.8 Å². The molecule has 7 heteroatoms. The SMILES string of the molecule is CN(C)C(=O)c1ccc2c(c1)C(C)(C)C(/C=C/C1=C(N(c3ccccc3)c3ccccc3)C(=C/C=C3/N(C)c4ccc(C(=O)N(C)C)cc4C3(C)C)/CC1)=[N+]2C. The largest absolute Gasteiger partial charge is 0.347 e. The van der Waals surface area contributed by atoms with Crippen molar-refractivity contribution in [3.8, 4) is 0 Å². The fraction of sp³-hybridized carbons (Fsp3) is 0.286. The number of allylic oxidation sites excluding steroid dienone is 7. The summed E-state index contributed by atoms with van der Waals surface area (Å²) in [6, 6.07) is 33.4. The second-order valence-electron chi connectivity index (χ2n) is 16.6. The summed E-state index contributed by atoms with van der Waals surface area (Å²) in [4.78, 5) is 33.8. The van der Waals surface area contributed by atoms with Crippen molar-refractivity contribution in [1.29, 1.82) is 0 Å². The van der Waals surface area contributed by atoms with Crippen LogP contribution in [0.2, 0.25) is 0 Å². The van der Waals surface area contributed by atoms with Crippen LogP contribution < -0.4 is 9.80 Å². The van der Waals surface area contributed by atoms with Crippen molar-refractivity contribution < 1.29 is 14.2 Å². The molecule has 4 aromatic carbocycles. The van der Waals surface area contributed by atoms with Gasteiger partial charge in [0, 0.05) is 92.2 Å². The Morgan fingerprint density at radius 2 is 1.23 bits per heavy atom. The number of para-hydroxylation sites is 2. The van der Waals surface area contributed by atoms with Crippen molar-refractivity contribution in [2.45, 2.75) is 51.4 Å². The van der Waals surface area contributed by atoms with Gasteiger partial charge in [0.1, 0.15) is 7.05 Å². The Labute approximate surface area is 332 Å². The number of nitrogens with zero attached hydrogens (tertiary/aromatic N) is 5. The third kappa shape index (κ3) is 6.59. The lowest BCUT2D eigenvalue weighted by Gasteiger charge is -2.29. The summed E-state index contributed by atoms with van der Waals surface area (Å²) in [5, 5.41) is 0. The third-order valence-corrected chi connectivity index (χ3v) is 11.8. The summed E-state index contributed by atoms with van der Waals surface area (Å²) in [6.45, 7) is 8.99. The first-order chi connectivity index (χ1) is 26.6. The molecule has 2 aliphatic heterocycles. The Balaban J connectivity index is 1.34. The highest BCUT2D eigenvalue weighted by atomic mass is 16.2. The van der Waals surface area contributed by atoms with Crippen molar-refractivity contribution in [1.82, 2.24) is 9.80 Å². The van der Waals surface area contributed by atoms with Gasteiger partial charge in [-0.3, -0.25) is 9.59 Å². The minimum Gasteiger partial charge on any atom is -0.347 e. The Hall–Kier alpha value is -5.95. The molecule has 3 aliphatic rings. The lowest BCUT2D eigenvalue weighted by molar-refractivity contribution is -0.401. The Morgan fingerprint density at radius 3 is 1.80 bits per heavy atom. The van der Waals surface area contributed by atoms with Gasteiger partial charge in [-0.05, 0) is 104 Å². The van der Waals surface area contributed by atoms with Crippen LogP contribution in [0.15, 0.2) is 144 Å². The molecule has 286 valence electrons. The van der Waals surface area contributed by atoms with E-state index in [4.69, 9.17) is 0 Å². The lowest BCUT2D eigenvalue weighted by Crippen LogP contribution is -2.27.